The molecule has 0 aliphatic carbocycles. The molecule has 116 valence electrons. The second-order valence-corrected chi connectivity index (χ2v) is 6.22. The number of nitrogens with one attached hydrogen (secondary N) is 1. The largest absolute Gasteiger partial charge is 0.399 e. The van der Waals surface area contributed by atoms with Gasteiger partial charge < -0.3 is 10.3 Å². The molecule has 0 fully saturated rings. The molecule has 0 aromatic heterocycles. The van der Waals surface area contributed by atoms with Crippen LogP contribution in [0.2, 0.25) is 0 Å². The third kappa shape index (κ3) is 7.37. The molecule has 1 unspecified atom stereocenters. The maximum absolute atomic E-state index is 5.82. The Hall–Kier alpha value is -1.22. The van der Waals surface area contributed by atoms with E-state index in [0.717, 1.165) is 37.1 Å². The van der Waals surface area contributed by atoms with Crippen molar-refractivity contribution < 1.29 is 4.52 Å². The summed E-state index contributed by atoms with van der Waals surface area (Å²) in [7, 11) is 1.17. The first-order valence-corrected chi connectivity index (χ1v) is 8.70. The van der Waals surface area contributed by atoms with Gasteiger partial charge in [-0.3, -0.25) is 10.1 Å². The lowest BCUT2D eigenvalue weighted by atomic mass is 10.2. The molecule has 0 saturated heterocycles. The molecule has 0 bridgehead atoms. The van der Waals surface area contributed by atoms with Gasteiger partial charge in [0, 0.05) is 44.2 Å². The summed E-state index contributed by atoms with van der Waals surface area (Å²) in [5.74, 6) is 0. The Morgan fingerprint density at radius 2 is 2.10 bits per heavy atom. The Bertz CT molecular complexity index is 457. The molecular weight excluding hydrogens is 281 g/mol. The molecular formula is C16H26N3OP. The summed E-state index contributed by atoms with van der Waals surface area (Å²) in [4.78, 5) is 4.26. The van der Waals surface area contributed by atoms with Gasteiger partial charge in [0.25, 0.3) is 0 Å². The van der Waals surface area contributed by atoms with Crippen molar-refractivity contribution in [2.24, 2.45) is 4.99 Å². The zero-order valence-electron chi connectivity index (χ0n) is 13.2. The second-order valence-electron chi connectivity index (χ2n) is 4.57. The van der Waals surface area contributed by atoms with Crippen molar-refractivity contribution in [3.63, 3.8) is 0 Å². The molecule has 0 aliphatic rings. The van der Waals surface area contributed by atoms with Gasteiger partial charge >= 0.3 is 0 Å². The number of hydrogen-bond acceptors (Lipinski definition) is 4. The van der Waals surface area contributed by atoms with Crippen molar-refractivity contribution in [3.8, 4) is 0 Å². The minimum absolute atomic E-state index is 0.662. The molecule has 3 N–H and O–H groups in total. The molecule has 0 spiro atoms. The maximum atomic E-state index is 5.82. The van der Waals surface area contributed by atoms with Crippen LogP contribution < -0.4 is 10.8 Å². The third-order valence-electron chi connectivity index (χ3n) is 2.91. The first kappa shape index (κ1) is 17.8. The number of nitrogen functional groups attached to an aromatic ring is 1. The lowest BCUT2D eigenvalue weighted by Crippen LogP contribution is -2.15. The smallest absolute Gasteiger partial charge is 0.106 e. The number of nitrogens with two attached hydrogens (primary N) is 1. The van der Waals surface area contributed by atoms with Crippen molar-refractivity contribution in [3.05, 3.63) is 42.0 Å². The Balaban J connectivity index is 2.48. The van der Waals surface area contributed by atoms with Gasteiger partial charge in [0.05, 0.1) is 0 Å². The molecule has 1 aromatic rings. The van der Waals surface area contributed by atoms with E-state index >= 15 is 0 Å². The zero-order valence-corrected chi connectivity index (χ0v) is 14.1. The molecule has 0 heterocycles. The Morgan fingerprint density at radius 3 is 2.67 bits per heavy atom. The predicted molar refractivity (Wildman–Crippen MR) is 93.9 cm³/mol. The number of anilines is 1. The van der Waals surface area contributed by atoms with Gasteiger partial charge in [-0.2, -0.15) is 0 Å². The molecule has 0 saturated carbocycles. The lowest BCUT2D eigenvalue weighted by Gasteiger charge is -2.18. The summed E-state index contributed by atoms with van der Waals surface area (Å²) in [6, 6.07) is 7.99. The van der Waals surface area contributed by atoms with Crippen molar-refractivity contribution in [2.75, 3.05) is 25.9 Å². The molecule has 4 nitrogen and oxygen atoms in total. The highest BCUT2D eigenvalue weighted by molar-refractivity contribution is 7.49. The fourth-order valence-corrected chi connectivity index (χ4v) is 3.37. The van der Waals surface area contributed by atoms with Crippen molar-refractivity contribution in [2.45, 2.75) is 26.4 Å². The predicted octanol–water partition coefficient (Wildman–Crippen LogP) is 3.74. The van der Waals surface area contributed by atoms with Crippen molar-refractivity contribution in [1.82, 2.24) is 5.09 Å². The van der Waals surface area contributed by atoms with E-state index in [1.165, 1.54) is 5.56 Å². The summed E-state index contributed by atoms with van der Waals surface area (Å²) in [5.41, 5.74) is 8.85. The van der Waals surface area contributed by atoms with Gasteiger partial charge in [-0.25, -0.2) is 0 Å². The van der Waals surface area contributed by atoms with Crippen LogP contribution in [0, 0.1) is 0 Å². The average molecular weight is 307 g/mol. The van der Waals surface area contributed by atoms with Gasteiger partial charge in [0.1, 0.15) is 8.30 Å². The second kappa shape index (κ2) is 10.5. The van der Waals surface area contributed by atoms with Crippen LogP contribution in [0.25, 0.3) is 0 Å². The van der Waals surface area contributed by atoms with Crippen LogP contribution in [0.1, 0.15) is 25.8 Å². The molecule has 21 heavy (non-hydrogen) atoms. The molecule has 1 aromatic carbocycles. The summed E-state index contributed by atoms with van der Waals surface area (Å²) in [5, 5.41) is 3.50. The van der Waals surface area contributed by atoms with Crippen LogP contribution >= 0.6 is 8.30 Å². The summed E-state index contributed by atoms with van der Waals surface area (Å²) >= 11 is 0. The summed E-state index contributed by atoms with van der Waals surface area (Å²) in [6.07, 6.45) is 5.87. The van der Waals surface area contributed by atoms with Crippen LogP contribution in [0.15, 0.2) is 41.4 Å². The summed E-state index contributed by atoms with van der Waals surface area (Å²) < 4.78 is 5.82. The standard InChI is InChI=1S/C16H26N3OP/c1-4-6-16(18-3)11-12-19-21(20-5-2)13-14-7-9-15(17)10-8-14/h4,6-10,19H,5,11-13,17H2,1-3H3/b6-4-,18-16?. The minimum Gasteiger partial charge on any atom is -0.399 e. The van der Waals surface area contributed by atoms with Gasteiger partial charge in [0.15, 0.2) is 0 Å². The van der Waals surface area contributed by atoms with Crippen LogP contribution in [-0.2, 0) is 10.7 Å². The molecule has 0 amide bonds. The van der Waals surface area contributed by atoms with E-state index in [1.807, 2.05) is 45.2 Å². The number of hydrogen-bond donors (Lipinski definition) is 2. The topological polar surface area (TPSA) is 59.6 Å². The Kier molecular flexibility index (Phi) is 8.91. The van der Waals surface area contributed by atoms with E-state index in [-0.39, 0.29) is 0 Å². The number of rotatable bonds is 9. The first-order valence-electron chi connectivity index (χ1n) is 7.26. The number of nitrogens with zero attached hydrogens (tertiary/aromatic N) is 1. The quantitative estimate of drug-likeness (QED) is 0.415. The van der Waals surface area contributed by atoms with Gasteiger partial charge in [-0.05, 0) is 37.6 Å². The third-order valence-corrected chi connectivity index (χ3v) is 4.70. The number of aliphatic imine (C=N–C) groups is 1. The van der Waals surface area contributed by atoms with E-state index in [1.54, 1.807) is 0 Å². The van der Waals surface area contributed by atoms with E-state index in [4.69, 9.17) is 10.3 Å². The van der Waals surface area contributed by atoms with Crippen LogP contribution in [0.3, 0.4) is 0 Å². The minimum atomic E-state index is -0.662. The van der Waals surface area contributed by atoms with E-state index in [2.05, 4.69) is 22.2 Å². The van der Waals surface area contributed by atoms with Crippen molar-refractivity contribution >= 4 is 19.7 Å². The SMILES string of the molecule is C/C=C\C(CCNP(Cc1ccc(N)cc1)OCC)=NC. The highest BCUT2D eigenvalue weighted by atomic mass is 31.2. The monoisotopic (exact) mass is 307 g/mol. The molecule has 5 heteroatoms. The number of allylic oxidation sites excluding steroid dienone is 2. The number of benzene rings is 1. The fraction of sp³-hybridized carbons (Fsp3) is 0.438. The lowest BCUT2D eigenvalue weighted by molar-refractivity contribution is 0.370. The van der Waals surface area contributed by atoms with E-state index in [0.29, 0.717) is 0 Å². The van der Waals surface area contributed by atoms with Crippen molar-refractivity contribution in [1.29, 1.82) is 0 Å². The van der Waals surface area contributed by atoms with Crippen LogP contribution in [0.4, 0.5) is 5.69 Å². The van der Waals surface area contributed by atoms with E-state index in [9.17, 15) is 0 Å². The van der Waals surface area contributed by atoms with E-state index < -0.39 is 8.30 Å². The Labute approximate surface area is 129 Å². The molecule has 1 atom stereocenters. The average Bonchev–Trinajstić information content (AvgIpc) is 2.48. The fourth-order valence-electron chi connectivity index (χ4n) is 1.86. The molecule has 0 aliphatic heterocycles. The molecule has 1 rings (SSSR count). The summed E-state index contributed by atoms with van der Waals surface area (Å²) in [6.45, 7) is 5.63. The normalized spacial score (nSPS) is 13.8. The highest BCUT2D eigenvalue weighted by Crippen LogP contribution is 2.36. The molecule has 0 radical (unpaired) electrons. The van der Waals surface area contributed by atoms with Gasteiger partial charge in [-0.1, -0.05) is 18.2 Å². The van der Waals surface area contributed by atoms with Crippen LogP contribution in [0.5, 0.6) is 0 Å². The zero-order chi connectivity index (χ0) is 15.5. The van der Waals surface area contributed by atoms with Gasteiger partial charge in [-0.15, -0.1) is 0 Å². The van der Waals surface area contributed by atoms with Gasteiger partial charge in [0.2, 0.25) is 0 Å². The van der Waals surface area contributed by atoms with Crippen LogP contribution in [-0.4, -0.2) is 25.9 Å². The first-order chi connectivity index (χ1) is 10.2. The maximum Gasteiger partial charge on any atom is 0.106 e. The Morgan fingerprint density at radius 1 is 1.38 bits per heavy atom. The highest BCUT2D eigenvalue weighted by Gasteiger charge is 2.09.